The summed E-state index contributed by atoms with van der Waals surface area (Å²) in [5, 5.41) is 2.86. The third-order valence-corrected chi connectivity index (χ3v) is 4.80. The molecule has 0 aliphatic heterocycles. The van der Waals surface area contributed by atoms with Crippen LogP contribution < -0.4 is 11.1 Å². The van der Waals surface area contributed by atoms with Crippen molar-refractivity contribution in [1.29, 1.82) is 0 Å². The fraction of sp³-hybridized carbons (Fsp3) is 0.300. The van der Waals surface area contributed by atoms with Crippen molar-refractivity contribution < 1.29 is 9.59 Å². The molecule has 2 aromatic rings. The minimum atomic E-state index is -0.470. The van der Waals surface area contributed by atoms with Crippen LogP contribution in [-0.4, -0.2) is 17.6 Å². The monoisotopic (exact) mass is 356 g/mol. The molecule has 0 aliphatic carbocycles. The maximum Gasteiger partial charge on any atom is 0.248 e. The van der Waals surface area contributed by atoms with Crippen molar-refractivity contribution in [3.05, 3.63) is 65.2 Å². The summed E-state index contributed by atoms with van der Waals surface area (Å²) in [7, 11) is 0. The SMILES string of the molecule is CC(C)(C)c1ccc(SCC(=O)NCc2cccc(C(N)=O)c2)cc1. The average molecular weight is 356 g/mol. The van der Waals surface area contributed by atoms with Crippen molar-refractivity contribution in [2.45, 2.75) is 37.6 Å². The Morgan fingerprint density at radius 3 is 2.36 bits per heavy atom. The summed E-state index contributed by atoms with van der Waals surface area (Å²) in [5.41, 5.74) is 7.95. The van der Waals surface area contributed by atoms with Gasteiger partial charge in [-0.25, -0.2) is 0 Å². The molecular weight excluding hydrogens is 332 g/mol. The van der Waals surface area contributed by atoms with Gasteiger partial charge in [0.1, 0.15) is 0 Å². The van der Waals surface area contributed by atoms with Gasteiger partial charge >= 0.3 is 0 Å². The average Bonchev–Trinajstić information content (AvgIpc) is 2.58. The molecule has 3 N–H and O–H groups in total. The van der Waals surface area contributed by atoms with Crippen molar-refractivity contribution in [2.24, 2.45) is 5.73 Å². The molecule has 0 spiro atoms. The lowest BCUT2D eigenvalue weighted by Gasteiger charge is -2.19. The molecular formula is C20H24N2O2S. The van der Waals surface area contributed by atoms with Crippen LogP contribution in [0.1, 0.15) is 42.3 Å². The molecule has 2 rings (SSSR count). The van der Waals surface area contributed by atoms with E-state index in [9.17, 15) is 9.59 Å². The Hall–Kier alpha value is -2.27. The van der Waals surface area contributed by atoms with Crippen LogP contribution >= 0.6 is 11.8 Å². The molecule has 2 amide bonds. The lowest BCUT2D eigenvalue weighted by Crippen LogP contribution is -2.24. The Morgan fingerprint density at radius 1 is 1.08 bits per heavy atom. The second-order valence-corrected chi connectivity index (χ2v) is 7.95. The number of thioether (sulfide) groups is 1. The van der Waals surface area contributed by atoms with Gasteiger partial charge in [0.2, 0.25) is 11.8 Å². The van der Waals surface area contributed by atoms with E-state index in [2.05, 4.69) is 50.4 Å². The predicted octanol–water partition coefficient (Wildman–Crippen LogP) is 3.49. The van der Waals surface area contributed by atoms with Gasteiger partial charge in [-0.3, -0.25) is 9.59 Å². The summed E-state index contributed by atoms with van der Waals surface area (Å²) in [6, 6.07) is 15.3. The molecule has 5 heteroatoms. The molecule has 0 saturated heterocycles. The van der Waals surface area contributed by atoms with E-state index in [0.717, 1.165) is 10.5 Å². The van der Waals surface area contributed by atoms with Crippen LogP contribution in [0.2, 0.25) is 0 Å². The number of nitrogens with two attached hydrogens (primary N) is 1. The first-order chi connectivity index (χ1) is 11.8. The summed E-state index contributed by atoms with van der Waals surface area (Å²) in [6.45, 7) is 6.91. The maximum atomic E-state index is 12.0. The summed E-state index contributed by atoms with van der Waals surface area (Å²) in [6.07, 6.45) is 0. The van der Waals surface area contributed by atoms with Gasteiger partial charge in [0, 0.05) is 17.0 Å². The number of amides is 2. The Morgan fingerprint density at radius 2 is 1.76 bits per heavy atom. The van der Waals surface area contributed by atoms with Gasteiger partial charge in [-0.15, -0.1) is 11.8 Å². The number of hydrogen-bond donors (Lipinski definition) is 2. The molecule has 0 bridgehead atoms. The summed E-state index contributed by atoms with van der Waals surface area (Å²) in [5.74, 6) is -0.165. The van der Waals surface area contributed by atoms with Crippen LogP contribution in [0.3, 0.4) is 0 Å². The topological polar surface area (TPSA) is 72.2 Å². The van der Waals surface area contributed by atoms with Crippen molar-refractivity contribution in [3.63, 3.8) is 0 Å². The first-order valence-electron chi connectivity index (χ1n) is 8.14. The van der Waals surface area contributed by atoms with Crippen LogP contribution in [0.4, 0.5) is 0 Å². The van der Waals surface area contributed by atoms with E-state index in [4.69, 9.17) is 5.73 Å². The standard InChI is InChI=1S/C20H24N2O2S/c1-20(2,3)16-7-9-17(10-8-16)25-13-18(23)22-12-14-5-4-6-15(11-14)19(21)24/h4-11H,12-13H2,1-3H3,(H2,21,24)(H,22,23). The molecule has 0 atom stereocenters. The van der Waals surface area contributed by atoms with E-state index in [-0.39, 0.29) is 11.3 Å². The summed E-state index contributed by atoms with van der Waals surface area (Å²) in [4.78, 5) is 24.2. The normalized spacial score (nSPS) is 11.2. The minimum absolute atomic E-state index is 0.0469. The number of carbonyl (C=O) groups excluding carboxylic acids is 2. The number of nitrogens with one attached hydrogen (secondary N) is 1. The third kappa shape index (κ3) is 5.94. The first kappa shape index (κ1) is 19.1. The zero-order valence-corrected chi connectivity index (χ0v) is 15.7. The molecule has 0 aromatic heterocycles. The largest absolute Gasteiger partial charge is 0.366 e. The number of carbonyl (C=O) groups is 2. The molecule has 2 aromatic carbocycles. The van der Waals surface area contributed by atoms with Crippen molar-refractivity contribution in [2.75, 3.05) is 5.75 Å². The molecule has 25 heavy (non-hydrogen) atoms. The highest BCUT2D eigenvalue weighted by atomic mass is 32.2. The maximum absolute atomic E-state index is 12.0. The summed E-state index contributed by atoms with van der Waals surface area (Å²) < 4.78 is 0. The predicted molar refractivity (Wildman–Crippen MR) is 103 cm³/mol. The van der Waals surface area contributed by atoms with Crippen molar-refractivity contribution >= 4 is 23.6 Å². The molecule has 0 heterocycles. The van der Waals surface area contributed by atoms with E-state index in [0.29, 0.717) is 17.9 Å². The Kier molecular flexibility index (Phi) is 6.26. The Labute approximate surface area is 153 Å². The number of benzene rings is 2. The van der Waals surface area contributed by atoms with Gasteiger partial charge in [-0.1, -0.05) is 45.0 Å². The lowest BCUT2D eigenvalue weighted by molar-refractivity contribution is -0.118. The fourth-order valence-corrected chi connectivity index (χ4v) is 3.01. The van der Waals surface area contributed by atoms with Crippen LogP contribution in [0.25, 0.3) is 0 Å². The highest BCUT2D eigenvalue weighted by molar-refractivity contribution is 8.00. The lowest BCUT2D eigenvalue weighted by atomic mass is 9.87. The molecule has 0 aliphatic rings. The smallest absolute Gasteiger partial charge is 0.248 e. The van der Waals surface area contributed by atoms with Gasteiger partial charge in [0.25, 0.3) is 0 Å². The quantitative estimate of drug-likeness (QED) is 0.778. The molecule has 0 fully saturated rings. The highest BCUT2D eigenvalue weighted by Gasteiger charge is 2.13. The molecule has 0 saturated carbocycles. The summed E-state index contributed by atoms with van der Waals surface area (Å²) >= 11 is 1.50. The van der Waals surface area contributed by atoms with Gasteiger partial charge in [0.15, 0.2) is 0 Å². The minimum Gasteiger partial charge on any atom is -0.366 e. The Bertz CT molecular complexity index is 749. The van der Waals surface area contributed by atoms with Crippen molar-refractivity contribution in [3.8, 4) is 0 Å². The Balaban J connectivity index is 1.83. The number of primary amides is 1. The second-order valence-electron chi connectivity index (χ2n) is 6.90. The number of rotatable bonds is 6. The second kappa shape index (κ2) is 8.21. The van der Waals surface area contributed by atoms with E-state index < -0.39 is 5.91 Å². The van der Waals surface area contributed by atoms with Gasteiger partial charge in [-0.2, -0.15) is 0 Å². The van der Waals surface area contributed by atoms with Gasteiger partial charge < -0.3 is 11.1 Å². The zero-order chi connectivity index (χ0) is 18.4. The van der Waals surface area contributed by atoms with Gasteiger partial charge in [0.05, 0.1) is 5.75 Å². The van der Waals surface area contributed by atoms with Crippen LogP contribution in [0.15, 0.2) is 53.4 Å². The van der Waals surface area contributed by atoms with E-state index in [1.165, 1.54) is 17.3 Å². The van der Waals surface area contributed by atoms with Crippen LogP contribution in [-0.2, 0) is 16.8 Å². The zero-order valence-electron chi connectivity index (χ0n) is 14.8. The van der Waals surface area contributed by atoms with Gasteiger partial charge in [-0.05, 0) is 40.8 Å². The molecule has 0 unspecified atom stereocenters. The van der Waals surface area contributed by atoms with E-state index >= 15 is 0 Å². The molecule has 0 radical (unpaired) electrons. The number of hydrogen-bond acceptors (Lipinski definition) is 3. The third-order valence-electron chi connectivity index (χ3n) is 3.79. The van der Waals surface area contributed by atoms with Crippen LogP contribution in [0, 0.1) is 0 Å². The highest BCUT2D eigenvalue weighted by Crippen LogP contribution is 2.25. The van der Waals surface area contributed by atoms with Crippen LogP contribution in [0.5, 0.6) is 0 Å². The van der Waals surface area contributed by atoms with Crippen molar-refractivity contribution in [1.82, 2.24) is 5.32 Å². The molecule has 4 nitrogen and oxygen atoms in total. The first-order valence-corrected chi connectivity index (χ1v) is 9.13. The molecule has 132 valence electrons. The fourth-order valence-electron chi connectivity index (χ4n) is 2.29. The van der Waals surface area contributed by atoms with E-state index in [1.807, 2.05) is 6.07 Å². The van der Waals surface area contributed by atoms with E-state index in [1.54, 1.807) is 18.2 Å².